The molecule has 0 aliphatic rings. The number of para-hydroxylation sites is 1. The maximum Gasteiger partial charge on any atom is 0.266 e. The lowest BCUT2D eigenvalue weighted by molar-refractivity contribution is -0.122. The fraction of sp³-hybridized carbons (Fsp3) is 0.375. The number of hydrogen-bond acceptors (Lipinski definition) is 4. The summed E-state index contributed by atoms with van der Waals surface area (Å²) < 4.78 is 10.8. The number of rotatable bonds is 4. The lowest BCUT2D eigenvalue weighted by atomic mass is 9.93. The van der Waals surface area contributed by atoms with Crippen molar-refractivity contribution < 1.29 is 14.1 Å². The number of aromatic nitrogens is 1. The number of nitrogens with one attached hydrogen (secondary N) is 1. The van der Waals surface area contributed by atoms with Crippen LogP contribution in [-0.2, 0) is 10.2 Å². The molecule has 0 spiro atoms. The topological polar surface area (TPSA) is 64.4 Å². The van der Waals surface area contributed by atoms with Crippen molar-refractivity contribution in [2.45, 2.75) is 39.2 Å². The van der Waals surface area contributed by atoms with E-state index in [1.54, 1.807) is 25.1 Å². The summed E-state index contributed by atoms with van der Waals surface area (Å²) in [5.41, 5.74) is -0.151. The van der Waals surface area contributed by atoms with Gasteiger partial charge in [-0.25, -0.2) is 0 Å². The molecule has 1 atom stereocenters. The van der Waals surface area contributed by atoms with E-state index < -0.39 is 6.10 Å². The molecule has 0 saturated heterocycles. The van der Waals surface area contributed by atoms with Crippen LogP contribution >= 0.6 is 0 Å². The first-order chi connectivity index (χ1) is 9.86. The lowest BCUT2D eigenvalue weighted by Gasteiger charge is -2.13. The largest absolute Gasteiger partial charge is 0.481 e. The molecule has 0 unspecified atom stereocenters. The smallest absolute Gasteiger partial charge is 0.266 e. The first kappa shape index (κ1) is 15.1. The van der Waals surface area contributed by atoms with E-state index in [1.165, 1.54) is 0 Å². The van der Waals surface area contributed by atoms with Crippen LogP contribution in [0, 0.1) is 0 Å². The average Bonchev–Trinajstić information content (AvgIpc) is 2.88. The predicted molar refractivity (Wildman–Crippen MR) is 80.4 cm³/mol. The van der Waals surface area contributed by atoms with Gasteiger partial charge in [0.05, 0.1) is 0 Å². The molecule has 5 nitrogen and oxygen atoms in total. The van der Waals surface area contributed by atoms with Crippen LogP contribution < -0.4 is 10.1 Å². The molecule has 2 aromatic rings. The molecule has 0 aliphatic carbocycles. The Kier molecular flexibility index (Phi) is 4.31. The second kappa shape index (κ2) is 5.99. The minimum Gasteiger partial charge on any atom is -0.481 e. The molecule has 2 rings (SSSR count). The predicted octanol–water partition coefficient (Wildman–Crippen LogP) is 3.38. The van der Waals surface area contributed by atoms with Gasteiger partial charge in [0.25, 0.3) is 5.91 Å². The Labute approximate surface area is 124 Å². The maximum atomic E-state index is 12.1. The average molecular weight is 288 g/mol. The van der Waals surface area contributed by atoms with E-state index in [-0.39, 0.29) is 11.3 Å². The number of hydrogen-bond donors (Lipinski definition) is 1. The highest BCUT2D eigenvalue weighted by atomic mass is 16.5. The molecule has 0 fully saturated rings. The quantitative estimate of drug-likeness (QED) is 0.936. The molecule has 0 saturated carbocycles. The maximum absolute atomic E-state index is 12.1. The second-order valence-electron chi connectivity index (χ2n) is 5.89. The molecular formula is C16H20N2O3. The van der Waals surface area contributed by atoms with Gasteiger partial charge in [0.15, 0.2) is 11.9 Å². The highest BCUT2D eigenvalue weighted by molar-refractivity contribution is 5.93. The number of carbonyl (C=O) groups excluding carboxylic acids is 1. The Morgan fingerprint density at radius 2 is 1.95 bits per heavy atom. The Morgan fingerprint density at radius 3 is 2.52 bits per heavy atom. The molecule has 21 heavy (non-hydrogen) atoms. The summed E-state index contributed by atoms with van der Waals surface area (Å²) in [7, 11) is 0. The summed E-state index contributed by atoms with van der Waals surface area (Å²) in [5, 5.41) is 6.54. The van der Waals surface area contributed by atoms with Gasteiger partial charge in [0.2, 0.25) is 0 Å². The molecule has 1 N–H and O–H groups in total. The number of ether oxygens (including phenoxy) is 1. The van der Waals surface area contributed by atoms with Crippen LogP contribution in [0.2, 0.25) is 0 Å². The van der Waals surface area contributed by atoms with Crippen molar-refractivity contribution in [3.63, 3.8) is 0 Å². The summed E-state index contributed by atoms with van der Waals surface area (Å²) in [6, 6.07) is 10.9. The van der Waals surface area contributed by atoms with Crippen LogP contribution in [0.25, 0.3) is 0 Å². The minimum absolute atomic E-state index is 0.151. The number of amides is 1. The van der Waals surface area contributed by atoms with Crippen molar-refractivity contribution in [2.24, 2.45) is 0 Å². The Hall–Kier alpha value is -2.30. The zero-order valence-electron chi connectivity index (χ0n) is 12.7. The van der Waals surface area contributed by atoms with Crippen LogP contribution in [0.5, 0.6) is 5.75 Å². The fourth-order valence-electron chi connectivity index (χ4n) is 1.67. The first-order valence-corrected chi connectivity index (χ1v) is 6.86. The number of nitrogens with zero attached hydrogens (tertiary/aromatic N) is 1. The molecule has 0 aliphatic heterocycles. The Morgan fingerprint density at radius 1 is 1.29 bits per heavy atom. The van der Waals surface area contributed by atoms with Crippen LogP contribution in [0.15, 0.2) is 40.9 Å². The van der Waals surface area contributed by atoms with Crippen molar-refractivity contribution >= 4 is 11.7 Å². The third-order valence-corrected chi connectivity index (χ3v) is 2.93. The van der Waals surface area contributed by atoms with Crippen LogP contribution in [0.4, 0.5) is 5.82 Å². The highest BCUT2D eigenvalue weighted by Gasteiger charge is 2.22. The van der Waals surface area contributed by atoms with Crippen molar-refractivity contribution in [1.82, 2.24) is 5.16 Å². The van der Waals surface area contributed by atoms with Crippen LogP contribution in [0.1, 0.15) is 33.5 Å². The van der Waals surface area contributed by atoms with E-state index in [9.17, 15) is 4.79 Å². The molecule has 0 bridgehead atoms. The van der Waals surface area contributed by atoms with E-state index in [0.29, 0.717) is 11.6 Å². The minimum atomic E-state index is -0.623. The molecule has 1 aromatic carbocycles. The third-order valence-electron chi connectivity index (χ3n) is 2.93. The molecule has 1 heterocycles. The van der Waals surface area contributed by atoms with Gasteiger partial charge in [-0.3, -0.25) is 4.79 Å². The highest BCUT2D eigenvalue weighted by Crippen LogP contribution is 2.24. The Balaban J connectivity index is 1.96. The van der Waals surface area contributed by atoms with Crippen LogP contribution in [-0.4, -0.2) is 17.2 Å². The van der Waals surface area contributed by atoms with E-state index >= 15 is 0 Å². The zero-order valence-corrected chi connectivity index (χ0v) is 12.7. The molecule has 112 valence electrons. The monoisotopic (exact) mass is 288 g/mol. The summed E-state index contributed by atoms with van der Waals surface area (Å²) >= 11 is 0. The van der Waals surface area contributed by atoms with Crippen molar-refractivity contribution in [3.8, 4) is 5.75 Å². The first-order valence-electron chi connectivity index (χ1n) is 6.86. The van der Waals surface area contributed by atoms with Crippen molar-refractivity contribution in [1.29, 1.82) is 0 Å². The molecule has 1 aromatic heterocycles. The summed E-state index contributed by atoms with van der Waals surface area (Å²) in [4.78, 5) is 12.1. The van der Waals surface area contributed by atoms with Gasteiger partial charge < -0.3 is 14.6 Å². The van der Waals surface area contributed by atoms with Crippen molar-refractivity contribution in [2.75, 3.05) is 5.32 Å². The summed E-state index contributed by atoms with van der Waals surface area (Å²) in [6.45, 7) is 7.73. The van der Waals surface area contributed by atoms with E-state index in [0.717, 1.165) is 5.76 Å². The number of carbonyl (C=O) groups is 1. The van der Waals surface area contributed by atoms with E-state index in [2.05, 4.69) is 10.5 Å². The van der Waals surface area contributed by atoms with Gasteiger partial charge >= 0.3 is 0 Å². The fourth-order valence-corrected chi connectivity index (χ4v) is 1.67. The van der Waals surface area contributed by atoms with E-state index in [4.69, 9.17) is 9.26 Å². The lowest BCUT2D eigenvalue weighted by Crippen LogP contribution is -2.30. The van der Waals surface area contributed by atoms with Gasteiger partial charge in [-0.2, -0.15) is 0 Å². The molecule has 0 radical (unpaired) electrons. The van der Waals surface area contributed by atoms with Crippen molar-refractivity contribution in [3.05, 3.63) is 42.2 Å². The standard InChI is InChI=1S/C16H20N2O3/c1-11(20-12-8-6-5-7-9-12)15(19)17-14-10-13(21-18-14)16(2,3)4/h5-11H,1-4H3,(H,17,18,19)/t11-/m0/s1. The van der Waals surface area contributed by atoms with Gasteiger partial charge in [-0.15, -0.1) is 0 Å². The van der Waals surface area contributed by atoms with E-state index in [1.807, 2.05) is 39.0 Å². The van der Waals surface area contributed by atoms with Gasteiger partial charge in [0.1, 0.15) is 11.5 Å². The Bertz CT molecular complexity index is 599. The zero-order chi connectivity index (χ0) is 15.5. The van der Waals surface area contributed by atoms with Gasteiger partial charge in [0, 0.05) is 11.5 Å². The molecule has 1 amide bonds. The van der Waals surface area contributed by atoms with Gasteiger partial charge in [-0.1, -0.05) is 44.1 Å². The number of anilines is 1. The van der Waals surface area contributed by atoms with Crippen LogP contribution in [0.3, 0.4) is 0 Å². The summed E-state index contributed by atoms with van der Waals surface area (Å²) in [5.74, 6) is 1.49. The molecule has 5 heteroatoms. The number of benzene rings is 1. The van der Waals surface area contributed by atoms with Gasteiger partial charge in [-0.05, 0) is 19.1 Å². The second-order valence-corrected chi connectivity index (χ2v) is 5.89. The normalized spacial score (nSPS) is 12.8. The SMILES string of the molecule is C[C@H](Oc1ccccc1)C(=O)Nc1cc(C(C)(C)C)on1. The third kappa shape index (κ3) is 4.08. The summed E-state index contributed by atoms with van der Waals surface area (Å²) in [6.07, 6.45) is -0.623. The molecular weight excluding hydrogens is 268 g/mol.